The molecule has 93 valence electrons. The first-order chi connectivity index (χ1) is 8.01. The van der Waals surface area contributed by atoms with Crippen molar-refractivity contribution in [1.29, 1.82) is 0 Å². The van der Waals surface area contributed by atoms with Gasteiger partial charge in [-0.25, -0.2) is 0 Å². The summed E-state index contributed by atoms with van der Waals surface area (Å²) < 4.78 is 1.25. The van der Waals surface area contributed by atoms with Crippen LogP contribution < -0.4 is 5.73 Å². The Morgan fingerprint density at radius 1 is 1.59 bits per heavy atom. The molecule has 0 aliphatic carbocycles. The van der Waals surface area contributed by atoms with Crippen LogP contribution in [0.25, 0.3) is 0 Å². The molecule has 2 amide bonds. The zero-order valence-electron chi connectivity index (χ0n) is 9.80. The van der Waals surface area contributed by atoms with Crippen LogP contribution in [0.5, 0.6) is 0 Å². The van der Waals surface area contributed by atoms with E-state index >= 15 is 0 Å². The molecule has 3 N–H and O–H groups in total. The number of likely N-dealkylation sites (N-methyl/N-ethyl adjacent to an activating group) is 1. The van der Waals surface area contributed by atoms with Crippen molar-refractivity contribution < 1.29 is 14.7 Å². The van der Waals surface area contributed by atoms with E-state index in [1.165, 1.54) is 16.6 Å². The lowest BCUT2D eigenvalue weighted by molar-refractivity contribution is 0.0720. The Balaban J connectivity index is 2.98. The summed E-state index contributed by atoms with van der Waals surface area (Å²) in [7, 11) is 1.53. The number of aromatic nitrogens is 2. The first kappa shape index (κ1) is 13.2. The van der Waals surface area contributed by atoms with Crippen molar-refractivity contribution in [3.63, 3.8) is 0 Å². The van der Waals surface area contributed by atoms with Crippen LogP contribution in [-0.2, 0) is 7.05 Å². The van der Waals surface area contributed by atoms with Crippen molar-refractivity contribution >= 4 is 11.8 Å². The molecule has 0 unspecified atom stereocenters. The summed E-state index contributed by atoms with van der Waals surface area (Å²) in [6.07, 6.45) is 0. The molecule has 0 fully saturated rings. The molecule has 0 aromatic carbocycles. The maximum absolute atomic E-state index is 12.0. The second-order valence-electron chi connectivity index (χ2n) is 3.42. The van der Waals surface area contributed by atoms with Crippen LogP contribution in [-0.4, -0.2) is 51.3 Å². The van der Waals surface area contributed by atoms with E-state index in [-0.39, 0.29) is 30.4 Å². The van der Waals surface area contributed by atoms with Gasteiger partial charge >= 0.3 is 0 Å². The van der Waals surface area contributed by atoms with Gasteiger partial charge in [-0.05, 0) is 6.92 Å². The van der Waals surface area contributed by atoms with Gasteiger partial charge in [-0.1, -0.05) is 0 Å². The van der Waals surface area contributed by atoms with E-state index in [0.29, 0.717) is 6.54 Å². The third-order valence-corrected chi connectivity index (χ3v) is 2.29. The third kappa shape index (κ3) is 2.82. The molecule has 0 aliphatic heterocycles. The van der Waals surface area contributed by atoms with Crippen molar-refractivity contribution in [1.82, 2.24) is 14.7 Å². The number of hydrogen-bond acceptors (Lipinski definition) is 4. The molecule has 1 aromatic heterocycles. The van der Waals surface area contributed by atoms with Crippen molar-refractivity contribution in [3.05, 3.63) is 17.5 Å². The number of aliphatic hydroxyl groups excluding tert-OH is 1. The van der Waals surface area contributed by atoms with Crippen LogP contribution in [0.4, 0.5) is 0 Å². The molecular formula is C10H15N4O3. The van der Waals surface area contributed by atoms with Gasteiger partial charge in [-0.3, -0.25) is 14.3 Å². The van der Waals surface area contributed by atoms with E-state index in [1.54, 1.807) is 6.92 Å². The fraction of sp³-hybridized carbons (Fsp3) is 0.500. The summed E-state index contributed by atoms with van der Waals surface area (Å²) in [5.74, 6) is -1.08. The van der Waals surface area contributed by atoms with Gasteiger partial charge in [-0.2, -0.15) is 5.10 Å². The fourth-order valence-electron chi connectivity index (χ4n) is 1.39. The summed E-state index contributed by atoms with van der Waals surface area (Å²) in [5, 5.41) is 12.6. The van der Waals surface area contributed by atoms with Crippen molar-refractivity contribution in [2.45, 2.75) is 6.92 Å². The van der Waals surface area contributed by atoms with Crippen molar-refractivity contribution in [3.8, 4) is 0 Å². The second kappa shape index (κ2) is 5.44. The Labute approximate surface area is 98.8 Å². The number of nitrogens with zero attached hydrogens (tertiary/aromatic N) is 3. The van der Waals surface area contributed by atoms with Gasteiger partial charge in [-0.15, -0.1) is 0 Å². The SMILES string of the molecule is CCN(CCO)C(=O)c1[c]c(C(N)=O)nn1C. The lowest BCUT2D eigenvalue weighted by Crippen LogP contribution is -2.34. The predicted octanol–water partition coefficient (Wildman–Crippen LogP) is -1.23. The topological polar surface area (TPSA) is 101 Å². The number of primary amides is 1. The van der Waals surface area contributed by atoms with Gasteiger partial charge in [0.05, 0.1) is 12.7 Å². The molecule has 1 aromatic rings. The molecule has 7 heteroatoms. The summed E-state index contributed by atoms with van der Waals surface area (Å²) >= 11 is 0. The maximum atomic E-state index is 12.0. The molecule has 0 aliphatic rings. The zero-order chi connectivity index (χ0) is 13.0. The first-order valence-corrected chi connectivity index (χ1v) is 5.17. The smallest absolute Gasteiger partial charge is 0.272 e. The van der Waals surface area contributed by atoms with Gasteiger partial charge in [0.2, 0.25) is 0 Å². The van der Waals surface area contributed by atoms with Crippen LogP contribution in [0.1, 0.15) is 27.9 Å². The van der Waals surface area contributed by atoms with Crippen LogP contribution in [0.2, 0.25) is 0 Å². The fourth-order valence-corrected chi connectivity index (χ4v) is 1.39. The summed E-state index contributed by atoms with van der Waals surface area (Å²) in [5.41, 5.74) is 5.13. The Morgan fingerprint density at radius 2 is 2.24 bits per heavy atom. The van der Waals surface area contributed by atoms with Crippen LogP contribution in [0, 0.1) is 6.07 Å². The quantitative estimate of drug-likeness (QED) is 0.672. The van der Waals surface area contributed by atoms with Gasteiger partial charge in [0, 0.05) is 20.1 Å². The van der Waals surface area contributed by atoms with E-state index in [2.05, 4.69) is 11.2 Å². The molecule has 7 nitrogen and oxygen atoms in total. The van der Waals surface area contributed by atoms with Crippen molar-refractivity contribution in [2.75, 3.05) is 19.7 Å². The lowest BCUT2D eigenvalue weighted by atomic mass is 10.3. The number of carbonyl (C=O) groups excluding carboxylic acids is 2. The molecule has 0 saturated heterocycles. The molecule has 1 heterocycles. The summed E-state index contributed by atoms with van der Waals surface area (Å²) in [4.78, 5) is 24.3. The van der Waals surface area contributed by atoms with Crippen LogP contribution in [0.3, 0.4) is 0 Å². The average Bonchev–Trinajstić information content (AvgIpc) is 2.67. The molecule has 1 radical (unpaired) electrons. The second-order valence-corrected chi connectivity index (χ2v) is 3.42. The Kier molecular flexibility index (Phi) is 4.22. The highest BCUT2D eigenvalue weighted by molar-refractivity contribution is 5.96. The van der Waals surface area contributed by atoms with Gasteiger partial charge in [0.25, 0.3) is 11.8 Å². The summed E-state index contributed by atoms with van der Waals surface area (Å²) in [6.45, 7) is 2.34. The molecule has 0 bridgehead atoms. The number of hydrogen-bond donors (Lipinski definition) is 2. The molecule has 0 atom stereocenters. The molecule has 17 heavy (non-hydrogen) atoms. The number of amides is 2. The lowest BCUT2D eigenvalue weighted by Gasteiger charge is -2.19. The Bertz CT molecular complexity index is 427. The summed E-state index contributed by atoms with van der Waals surface area (Å²) in [6, 6.07) is 2.56. The van der Waals surface area contributed by atoms with Gasteiger partial charge in [0.15, 0.2) is 5.69 Å². The van der Waals surface area contributed by atoms with E-state index < -0.39 is 5.91 Å². The highest BCUT2D eigenvalue weighted by Crippen LogP contribution is 2.05. The van der Waals surface area contributed by atoms with Crippen LogP contribution >= 0.6 is 0 Å². The number of nitrogens with two attached hydrogens (primary N) is 1. The number of rotatable bonds is 5. The minimum Gasteiger partial charge on any atom is -0.395 e. The van der Waals surface area contributed by atoms with Gasteiger partial charge in [0.1, 0.15) is 5.69 Å². The zero-order valence-corrected chi connectivity index (χ0v) is 9.80. The molecule has 0 saturated carbocycles. The van der Waals surface area contributed by atoms with E-state index in [1.807, 2.05) is 0 Å². The molecule has 1 rings (SSSR count). The average molecular weight is 239 g/mol. The van der Waals surface area contributed by atoms with Crippen molar-refractivity contribution in [2.24, 2.45) is 12.8 Å². The Morgan fingerprint density at radius 3 is 2.65 bits per heavy atom. The first-order valence-electron chi connectivity index (χ1n) is 5.17. The molecular weight excluding hydrogens is 224 g/mol. The highest BCUT2D eigenvalue weighted by atomic mass is 16.3. The maximum Gasteiger partial charge on any atom is 0.272 e. The number of aryl methyl sites for hydroxylation is 1. The number of aliphatic hydroxyl groups is 1. The standard InChI is InChI=1S/C10H15N4O3/c1-3-14(4-5-15)10(17)8-6-7(9(11)16)12-13(8)2/h15H,3-5H2,1-2H3,(H2,11,16). The molecule has 0 spiro atoms. The van der Waals surface area contributed by atoms with E-state index in [0.717, 1.165) is 0 Å². The normalized spacial score (nSPS) is 10.3. The minimum atomic E-state index is -0.732. The third-order valence-electron chi connectivity index (χ3n) is 2.29. The highest BCUT2D eigenvalue weighted by Gasteiger charge is 2.20. The predicted molar refractivity (Wildman–Crippen MR) is 59.2 cm³/mol. The monoisotopic (exact) mass is 239 g/mol. The minimum absolute atomic E-state index is 0.0732. The van der Waals surface area contributed by atoms with Gasteiger partial charge < -0.3 is 15.7 Å². The van der Waals surface area contributed by atoms with E-state index in [4.69, 9.17) is 10.8 Å². The Hall–Kier alpha value is -1.89. The largest absolute Gasteiger partial charge is 0.395 e. The van der Waals surface area contributed by atoms with E-state index in [9.17, 15) is 9.59 Å². The number of carbonyl (C=O) groups is 2. The van der Waals surface area contributed by atoms with Crippen LogP contribution in [0.15, 0.2) is 0 Å².